The highest BCUT2D eigenvalue weighted by Gasteiger charge is 2.18. The Labute approximate surface area is 95.8 Å². The molecule has 0 unspecified atom stereocenters. The first-order valence-corrected chi connectivity index (χ1v) is 5.63. The van der Waals surface area contributed by atoms with Gasteiger partial charge < -0.3 is 0 Å². The van der Waals surface area contributed by atoms with Crippen LogP contribution >= 0.6 is 0 Å². The van der Waals surface area contributed by atoms with Crippen molar-refractivity contribution in [3.63, 3.8) is 0 Å². The summed E-state index contributed by atoms with van der Waals surface area (Å²) in [6.07, 6.45) is 6.49. The fraction of sp³-hybridized carbons (Fsp3) is 0.600. The summed E-state index contributed by atoms with van der Waals surface area (Å²) >= 11 is 0. The lowest BCUT2D eigenvalue weighted by Gasteiger charge is -2.25. The molecule has 0 spiro atoms. The van der Waals surface area contributed by atoms with E-state index in [2.05, 4.69) is 73.3 Å². The summed E-state index contributed by atoms with van der Waals surface area (Å²) in [5.41, 5.74) is 2.86. The predicted molar refractivity (Wildman–Crippen MR) is 70.9 cm³/mol. The van der Waals surface area contributed by atoms with Gasteiger partial charge >= 0.3 is 0 Å². The van der Waals surface area contributed by atoms with E-state index in [0.29, 0.717) is 0 Å². The minimum Gasteiger partial charge on any atom is -0.0953 e. The lowest BCUT2D eigenvalue weighted by Crippen LogP contribution is -2.11. The summed E-state index contributed by atoms with van der Waals surface area (Å²) in [5.74, 6) is 0. The molecule has 0 heterocycles. The van der Waals surface area contributed by atoms with Crippen LogP contribution in [0.1, 0.15) is 48.5 Å². The molecule has 0 aromatic rings. The number of hydrogen-bond acceptors (Lipinski definition) is 0. The van der Waals surface area contributed by atoms with Crippen molar-refractivity contribution in [2.45, 2.75) is 48.5 Å². The molecule has 0 saturated heterocycles. The lowest BCUT2D eigenvalue weighted by molar-refractivity contribution is 0.499. The molecule has 0 amide bonds. The first kappa shape index (κ1) is 14.2. The molecule has 0 fully saturated rings. The van der Waals surface area contributed by atoms with E-state index in [1.165, 1.54) is 11.1 Å². The van der Waals surface area contributed by atoms with E-state index >= 15 is 0 Å². The van der Waals surface area contributed by atoms with Crippen molar-refractivity contribution in [1.29, 1.82) is 0 Å². The third kappa shape index (κ3) is 5.01. The van der Waals surface area contributed by atoms with Crippen molar-refractivity contribution >= 4 is 0 Å². The Morgan fingerprint density at radius 1 is 0.933 bits per heavy atom. The fourth-order valence-electron chi connectivity index (χ4n) is 1.10. The zero-order chi connectivity index (χ0) is 12.3. The number of rotatable bonds is 2. The van der Waals surface area contributed by atoms with Crippen molar-refractivity contribution in [2.24, 2.45) is 10.8 Å². The average Bonchev–Trinajstić information content (AvgIpc) is 1.99. The maximum Gasteiger partial charge on any atom is -0.0132 e. The fourth-order valence-corrected chi connectivity index (χ4v) is 1.10. The van der Waals surface area contributed by atoms with Gasteiger partial charge in [0.25, 0.3) is 0 Å². The van der Waals surface area contributed by atoms with Gasteiger partial charge in [0, 0.05) is 0 Å². The molecule has 0 nitrogen and oxygen atoms in total. The van der Waals surface area contributed by atoms with Crippen molar-refractivity contribution in [3.8, 4) is 0 Å². The van der Waals surface area contributed by atoms with Crippen LogP contribution in [0.4, 0.5) is 0 Å². The molecule has 0 aromatic carbocycles. The molecule has 0 radical (unpaired) electrons. The number of allylic oxidation sites excluding steroid dienone is 5. The largest absolute Gasteiger partial charge is 0.0953 e. The van der Waals surface area contributed by atoms with Crippen molar-refractivity contribution in [1.82, 2.24) is 0 Å². The van der Waals surface area contributed by atoms with Crippen LogP contribution in [-0.4, -0.2) is 0 Å². The van der Waals surface area contributed by atoms with E-state index in [1.807, 2.05) is 0 Å². The highest BCUT2D eigenvalue weighted by molar-refractivity contribution is 5.34. The highest BCUT2D eigenvalue weighted by atomic mass is 14.2. The molecule has 0 aromatic heterocycles. The minimum absolute atomic E-state index is 0.151. The molecule has 0 N–H and O–H groups in total. The minimum atomic E-state index is 0.151. The Balaban J connectivity index is 5.12. The van der Waals surface area contributed by atoms with Gasteiger partial charge in [-0.05, 0) is 28.9 Å². The van der Waals surface area contributed by atoms with Crippen LogP contribution in [0, 0.1) is 10.8 Å². The van der Waals surface area contributed by atoms with Crippen LogP contribution in [0.15, 0.2) is 36.0 Å². The lowest BCUT2D eigenvalue weighted by atomic mass is 9.80. The standard InChI is InChI=1S/C15H26/c1-9-10-13(15(6,7)8)11-12(2)14(3,4)5/h9-11H,2H2,1,3-8H3/b10-9-,13-11+. The molecule has 0 aliphatic heterocycles. The van der Waals surface area contributed by atoms with Crippen LogP contribution in [-0.2, 0) is 0 Å². The van der Waals surface area contributed by atoms with E-state index < -0.39 is 0 Å². The Kier molecular flexibility index (Phi) is 4.58. The highest BCUT2D eigenvalue weighted by Crippen LogP contribution is 2.32. The zero-order valence-corrected chi connectivity index (χ0v) is 11.4. The summed E-state index contributed by atoms with van der Waals surface area (Å²) < 4.78 is 0. The molecular formula is C15H26. The van der Waals surface area contributed by atoms with Crippen LogP contribution in [0.2, 0.25) is 0 Å². The molecule has 0 heteroatoms. The first-order valence-electron chi connectivity index (χ1n) is 5.63. The van der Waals surface area contributed by atoms with Gasteiger partial charge in [0.05, 0.1) is 0 Å². The second kappa shape index (κ2) is 4.83. The van der Waals surface area contributed by atoms with Crippen LogP contribution < -0.4 is 0 Å². The van der Waals surface area contributed by atoms with Crippen LogP contribution in [0.5, 0.6) is 0 Å². The summed E-state index contributed by atoms with van der Waals surface area (Å²) in [6, 6.07) is 0. The average molecular weight is 206 g/mol. The third-order valence-corrected chi connectivity index (χ3v) is 2.51. The predicted octanol–water partition coefficient (Wildman–Crippen LogP) is 5.14. The van der Waals surface area contributed by atoms with E-state index in [4.69, 9.17) is 0 Å². The van der Waals surface area contributed by atoms with Gasteiger partial charge in [-0.25, -0.2) is 0 Å². The van der Waals surface area contributed by atoms with E-state index in [1.54, 1.807) is 0 Å². The van der Waals surface area contributed by atoms with Gasteiger partial charge in [-0.2, -0.15) is 0 Å². The SMILES string of the molecule is C=C(/C=C(\C=C/C)C(C)(C)C)C(C)(C)C. The molecule has 0 rings (SSSR count). The molecule has 15 heavy (non-hydrogen) atoms. The maximum absolute atomic E-state index is 4.15. The molecular weight excluding hydrogens is 180 g/mol. The van der Waals surface area contributed by atoms with Crippen molar-refractivity contribution in [2.75, 3.05) is 0 Å². The van der Waals surface area contributed by atoms with Crippen molar-refractivity contribution < 1.29 is 0 Å². The molecule has 0 saturated carbocycles. The molecule has 86 valence electrons. The monoisotopic (exact) mass is 206 g/mol. The van der Waals surface area contributed by atoms with E-state index in [-0.39, 0.29) is 10.8 Å². The normalized spacial score (nSPS) is 14.7. The molecule has 0 aliphatic carbocycles. The van der Waals surface area contributed by atoms with E-state index in [9.17, 15) is 0 Å². The van der Waals surface area contributed by atoms with Gasteiger partial charge in [-0.1, -0.05) is 66.3 Å². The Morgan fingerprint density at radius 3 is 1.67 bits per heavy atom. The van der Waals surface area contributed by atoms with Crippen LogP contribution in [0.3, 0.4) is 0 Å². The summed E-state index contributed by atoms with van der Waals surface area (Å²) in [5, 5.41) is 0. The Morgan fingerprint density at radius 2 is 1.40 bits per heavy atom. The van der Waals surface area contributed by atoms with Gasteiger partial charge in [0.1, 0.15) is 0 Å². The van der Waals surface area contributed by atoms with Crippen molar-refractivity contribution in [3.05, 3.63) is 36.0 Å². The van der Waals surface area contributed by atoms with Gasteiger partial charge in [-0.15, -0.1) is 0 Å². The van der Waals surface area contributed by atoms with Crippen LogP contribution in [0.25, 0.3) is 0 Å². The van der Waals surface area contributed by atoms with Gasteiger partial charge in [-0.3, -0.25) is 0 Å². The van der Waals surface area contributed by atoms with Gasteiger partial charge in [0.2, 0.25) is 0 Å². The topological polar surface area (TPSA) is 0 Å². The molecule has 0 atom stereocenters. The Bertz CT molecular complexity index is 274. The summed E-state index contributed by atoms with van der Waals surface area (Å²) in [7, 11) is 0. The Hall–Kier alpha value is -0.780. The first-order chi connectivity index (χ1) is 6.59. The number of hydrogen-bond donors (Lipinski definition) is 0. The molecule has 0 bridgehead atoms. The quantitative estimate of drug-likeness (QED) is 0.549. The third-order valence-electron chi connectivity index (χ3n) is 2.51. The second-order valence-corrected chi connectivity index (χ2v) is 6.12. The smallest absolute Gasteiger partial charge is 0.0132 e. The maximum atomic E-state index is 4.15. The second-order valence-electron chi connectivity index (χ2n) is 6.12. The van der Waals surface area contributed by atoms with E-state index in [0.717, 1.165) is 0 Å². The zero-order valence-electron chi connectivity index (χ0n) is 11.4. The summed E-state index contributed by atoms with van der Waals surface area (Å²) in [6.45, 7) is 19.5. The van der Waals surface area contributed by atoms with Gasteiger partial charge in [0.15, 0.2) is 0 Å². The summed E-state index contributed by atoms with van der Waals surface area (Å²) in [4.78, 5) is 0. The molecule has 0 aliphatic rings.